The number of amides is 1. The quantitative estimate of drug-likeness (QED) is 0.932. The maximum Gasteiger partial charge on any atom is 0.264 e. The molecule has 1 amide bonds. The van der Waals surface area contributed by atoms with Crippen LogP contribution in [0.4, 0.5) is 4.39 Å². The Labute approximate surface area is 133 Å². The third-order valence-electron chi connectivity index (χ3n) is 4.43. The first kappa shape index (κ1) is 15.4. The minimum absolute atomic E-state index is 0.0551. The number of halogens is 1. The Hall–Kier alpha value is -1.46. The SMILES string of the molecule is Cc1c(C(=O)N2CCCC2CCCO)sc2ccc(F)cc12. The van der Waals surface area contributed by atoms with Gasteiger partial charge in [0.25, 0.3) is 5.91 Å². The minimum atomic E-state index is -0.269. The van der Waals surface area contributed by atoms with Crippen LogP contribution in [-0.2, 0) is 0 Å². The van der Waals surface area contributed by atoms with Gasteiger partial charge in [-0.15, -0.1) is 11.3 Å². The number of carbonyl (C=O) groups is 1. The number of carbonyl (C=O) groups excluding carboxylic acids is 1. The number of nitrogens with zero attached hydrogens (tertiary/aromatic N) is 1. The lowest BCUT2D eigenvalue weighted by Crippen LogP contribution is -2.35. The molecule has 0 radical (unpaired) electrons. The molecular formula is C17H20FNO2S. The van der Waals surface area contributed by atoms with Crippen molar-refractivity contribution in [3.63, 3.8) is 0 Å². The molecule has 1 aromatic carbocycles. The van der Waals surface area contributed by atoms with E-state index in [1.165, 1.54) is 23.5 Å². The normalized spacial score (nSPS) is 18.3. The van der Waals surface area contributed by atoms with E-state index in [1.807, 2.05) is 11.8 Å². The molecule has 22 heavy (non-hydrogen) atoms. The molecule has 0 spiro atoms. The van der Waals surface area contributed by atoms with E-state index in [4.69, 9.17) is 5.11 Å². The van der Waals surface area contributed by atoms with E-state index in [-0.39, 0.29) is 24.4 Å². The van der Waals surface area contributed by atoms with Crippen molar-refractivity contribution in [3.8, 4) is 0 Å². The van der Waals surface area contributed by atoms with Crippen LogP contribution in [0.1, 0.15) is 40.9 Å². The fourth-order valence-electron chi connectivity index (χ4n) is 3.26. The first-order chi connectivity index (χ1) is 10.6. The Balaban J connectivity index is 1.90. The highest BCUT2D eigenvalue weighted by Gasteiger charge is 2.30. The number of rotatable bonds is 4. The minimum Gasteiger partial charge on any atom is -0.396 e. The largest absolute Gasteiger partial charge is 0.396 e. The van der Waals surface area contributed by atoms with Crippen molar-refractivity contribution >= 4 is 27.3 Å². The summed E-state index contributed by atoms with van der Waals surface area (Å²) in [5.41, 5.74) is 0.873. The molecule has 118 valence electrons. The number of aliphatic hydroxyl groups excluding tert-OH is 1. The molecule has 1 unspecified atom stereocenters. The fraction of sp³-hybridized carbons (Fsp3) is 0.471. The van der Waals surface area contributed by atoms with Crippen LogP contribution < -0.4 is 0 Å². The molecule has 2 aromatic rings. The van der Waals surface area contributed by atoms with E-state index in [0.29, 0.717) is 0 Å². The molecule has 0 aliphatic carbocycles. The van der Waals surface area contributed by atoms with Gasteiger partial charge in [-0.3, -0.25) is 4.79 Å². The second kappa shape index (κ2) is 6.34. The van der Waals surface area contributed by atoms with Crippen molar-refractivity contribution in [1.82, 2.24) is 4.90 Å². The molecule has 2 heterocycles. The predicted octanol–water partition coefficient (Wildman–Crippen LogP) is 3.73. The van der Waals surface area contributed by atoms with Crippen LogP contribution in [0.15, 0.2) is 18.2 Å². The molecule has 0 bridgehead atoms. The van der Waals surface area contributed by atoms with Gasteiger partial charge >= 0.3 is 0 Å². The summed E-state index contributed by atoms with van der Waals surface area (Å²) in [7, 11) is 0. The molecule has 1 fully saturated rings. The van der Waals surface area contributed by atoms with Crippen molar-refractivity contribution in [1.29, 1.82) is 0 Å². The van der Waals surface area contributed by atoms with Crippen LogP contribution in [0, 0.1) is 12.7 Å². The third kappa shape index (κ3) is 2.75. The number of hydrogen-bond acceptors (Lipinski definition) is 3. The Morgan fingerprint density at radius 3 is 3.09 bits per heavy atom. The van der Waals surface area contributed by atoms with Gasteiger partial charge in [-0.25, -0.2) is 4.39 Å². The second-order valence-electron chi connectivity index (χ2n) is 5.86. The van der Waals surface area contributed by atoms with E-state index >= 15 is 0 Å². The van der Waals surface area contributed by atoms with Gasteiger partial charge in [-0.2, -0.15) is 0 Å². The van der Waals surface area contributed by atoms with Crippen LogP contribution in [0.25, 0.3) is 10.1 Å². The van der Waals surface area contributed by atoms with E-state index in [9.17, 15) is 9.18 Å². The summed E-state index contributed by atoms with van der Waals surface area (Å²) in [5.74, 6) is -0.214. The Bertz CT molecular complexity index is 697. The number of likely N-dealkylation sites (tertiary alicyclic amines) is 1. The smallest absolute Gasteiger partial charge is 0.264 e. The van der Waals surface area contributed by atoms with Gasteiger partial charge in [0.1, 0.15) is 5.82 Å². The Morgan fingerprint density at radius 2 is 2.32 bits per heavy atom. The van der Waals surface area contributed by atoms with Crippen molar-refractivity contribution in [2.24, 2.45) is 0 Å². The summed E-state index contributed by atoms with van der Waals surface area (Å²) in [5, 5.41) is 9.83. The van der Waals surface area contributed by atoms with Crippen molar-refractivity contribution in [3.05, 3.63) is 34.5 Å². The van der Waals surface area contributed by atoms with Crippen molar-refractivity contribution in [2.45, 2.75) is 38.6 Å². The molecule has 3 rings (SSSR count). The van der Waals surface area contributed by atoms with E-state index in [0.717, 1.165) is 52.8 Å². The van der Waals surface area contributed by atoms with Gasteiger partial charge in [-0.1, -0.05) is 0 Å². The molecule has 5 heteroatoms. The van der Waals surface area contributed by atoms with Gasteiger partial charge in [-0.05, 0) is 61.8 Å². The number of hydrogen-bond donors (Lipinski definition) is 1. The highest BCUT2D eigenvalue weighted by Crippen LogP contribution is 2.34. The van der Waals surface area contributed by atoms with Crippen LogP contribution in [0.3, 0.4) is 0 Å². The van der Waals surface area contributed by atoms with E-state index < -0.39 is 0 Å². The van der Waals surface area contributed by atoms with Gasteiger partial charge in [0.2, 0.25) is 0 Å². The Kier molecular flexibility index (Phi) is 4.45. The monoisotopic (exact) mass is 321 g/mol. The molecule has 1 aliphatic rings. The predicted molar refractivity (Wildman–Crippen MR) is 86.9 cm³/mol. The number of fused-ring (bicyclic) bond motifs is 1. The average molecular weight is 321 g/mol. The zero-order valence-corrected chi connectivity index (χ0v) is 13.5. The van der Waals surface area contributed by atoms with Crippen LogP contribution in [-0.4, -0.2) is 35.1 Å². The highest BCUT2D eigenvalue weighted by molar-refractivity contribution is 7.21. The van der Waals surface area contributed by atoms with Crippen molar-refractivity contribution < 1.29 is 14.3 Å². The number of aliphatic hydroxyl groups is 1. The van der Waals surface area contributed by atoms with Gasteiger partial charge in [0.05, 0.1) is 4.88 Å². The molecular weight excluding hydrogens is 301 g/mol. The van der Waals surface area contributed by atoms with Gasteiger partial charge in [0.15, 0.2) is 0 Å². The number of benzene rings is 1. The first-order valence-corrected chi connectivity index (χ1v) is 8.54. The zero-order valence-electron chi connectivity index (χ0n) is 12.6. The molecule has 1 aromatic heterocycles. The molecule has 0 saturated carbocycles. The summed E-state index contributed by atoms with van der Waals surface area (Å²) in [6.07, 6.45) is 3.59. The standard InChI is InChI=1S/C17H20FNO2S/c1-11-14-10-12(18)6-7-15(14)22-16(11)17(21)19-8-2-4-13(19)5-3-9-20/h6-7,10,13,20H,2-5,8-9H2,1H3. The lowest BCUT2D eigenvalue weighted by atomic mass is 10.1. The third-order valence-corrected chi connectivity index (χ3v) is 5.69. The van der Waals surface area contributed by atoms with Crippen molar-refractivity contribution in [2.75, 3.05) is 13.2 Å². The summed E-state index contributed by atoms with van der Waals surface area (Å²) < 4.78 is 14.4. The summed E-state index contributed by atoms with van der Waals surface area (Å²) in [6, 6.07) is 4.91. The van der Waals surface area contributed by atoms with Gasteiger partial charge in [0, 0.05) is 23.9 Å². The van der Waals surface area contributed by atoms with Crippen LogP contribution in [0.5, 0.6) is 0 Å². The maximum absolute atomic E-state index is 13.4. The lowest BCUT2D eigenvalue weighted by molar-refractivity contribution is 0.0729. The molecule has 1 atom stereocenters. The fourth-order valence-corrected chi connectivity index (χ4v) is 4.40. The van der Waals surface area contributed by atoms with Gasteiger partial charge < -0.3 is 10.0 Å². The van der Waals surface area contributed by atoms with Crippen LogP contribution >= 0.6 is 11.3 Å². The second-order valence-corrected chi connectivity index (χ2v) is 6.91. The number of thiophene rings is 1. The molecule has 3 nitrogen and oxygen atoms in total. The summed E-state index contributed by atoms with van der Waals surface area (Å²) in [6.45, 7) is 2.83. The summed E-state index contributed by atoms with van der Waals surface area (Å²) >= 11 is 1.45. The zero-order chi connectivity index (χ0) is 15.7. The Morgan fingerprint density at radius 1 is 1.50 bits per heavy atom. The van der Waals surface area contributed by atoms with E-state index in [1.54, 1.807) is 6.07 Å². The molecule has 1 N–H and O–H groups in total. The van der Waals surface area contributed by atoms with Crippen LogP contribution in [0.2, 0.25) is 0 Å². The maximum atomic E-state index is 13.4. The topological polar surface area (TPSA) is 40.5 Å². The highest BCUT2D eigenvalue weighted by atomic mass is 32.1. The first-order valence-electron chi connectivity index (χ1n) is 7.72. The molecule has 1 aliphatic heterocycles. The molecule has 1 saturated heterocycles. The van der Waals surface area contributed by atoms with E-state index in [2.05, 4.69) is 0 Å². The summed E-state index contributed by atoms with van der Waals surface area (Å²) in [4.78, 5) is 15.5. The number of aryl methyl sites for hydroxylation is 1. The average Bonchev–Trinajstić information content (AvgIpc) is 3.10. The lowest BCUT2D eigenvalue weighted by Gasteiger charge is -2.24.